The Bertz CT molecular complexity index is 444. The molecule has 0 aliphatic carbocycles. The maximum atomic E-state index is 12.0. The lowest BCUT2D eigenvalue weighted by Crippen LogP contribution is -2.37. The number of benzene rings is 1. The van der Waals surface area contributed by atoms with Crippen molar-refractivity contribution in [2.45, 2.75) is 38.6 Å². The van der Waals surface area contributed by atoms with Gasteiger partial charge in [-0.3, -0.25) is 4.79 Å². The van der Waals surface area contributed by atoms with Crippen molar-refractivity contribution in [3.63, 3.8) is 0 Å². The molecule has 110 valence electrons. The van der Waals surface area contributed by atoms with E-state index in [9.17, 15) is 4.79 Å². The highest BCUT2D eigenvalue weighted by molar-refractivity contribution is 6.31. The van der Waals surface area contributed by atoms with E-state index in [1.54, 1.807) is 0 Å². The molecule has 0 saturated carbocycles. The lowest BCUT2D eigenvalue weighted by molar-refractivity contribution is -0.132. The lowest BCUT2D eigenvalue weighted by atomic mass is 10.1. The maximum Gasteiger partial charge on any atom is 0.223 e. The van der Waals surface area contributed by atoms with Crippen molar-refractivity contribution in [1.82, 2.24) is 10.2 Å². The van der Waals surface area contributed by atoms with E-state index in [1.807, 2.05) is 29.2 Å². The third kappa shape index (κ3) is 4.22. The number of hydrogen-bond donors (Lipinski definition) is 1. The zero-order valence-corrected chi connectivity index (χ0v) is 12.8. The molecule has 1 aromatic carbocycles. The monoisotopic (exact) mass is 294 g/mol. The maximum absolute atomic E-state index is 12.0. The molecule has 0 aromatic heterocycles. The van der Waals surface area contributed by atoms with E-state index < -0.39 is 0 Å². The van der Waals surface area contributed by atoms with Gasteiger partial charge in [0, 0.05) is 37.1 Å². The van der Waals surface area contributed by atoms with E-state index in [4.69, 9.17) is 11.6 Å². The van der Waals surface area contributed by atoms with Crippen LogP contribution < -0.4 is 5.32 Å². The fourth-order valence-electron chi connectivity index (χ4n) is 2.63. The number of piperidine rings is 1. The molecule has 1 aromatic rings. The number of nitrogens with one attached hydrogen (secondary N) is 1. The zero-order valence-electron chi connectivity index (χ0n) is 12.1. The second-order valence-electron chi connectivity index (χ2n) is 5.39. The molecule has 0 spiro atoms. The summed E-state index contributed by atoms with van der Waals surface area (Å²) < 4.78 is 0. The van der Waals surface area contributed by atoms with Crippen molar-refractivity contribution >= 4 is 17.5 Å². The van der Waals surface area contributed by atoms with Crippen LogP contribution in [0.1, 0.15) is 44.2 Å². The summed E-state index contributed by atoms with van der Waals surface area (Å²) in [7, 11) is 0. The van der Waals surface area contributed by atoms with Gasteiger partial charge in [-0.15, -0.1) is 0 Å². The van der Waals surface area contributed by atoms with Crippen LogP contribution in [0.4, 0.5) is 0 Å². The highest BCUT2D eigenvalue weighted by Gasteiger charge is 2.16. The first-order valence-electron chi connectivity index (χ1n) is 7.44. The molecule has 3 nitrogen and oxygen atoms in total. The van der Waals surface area contributed by atoms with Gasteiger partial charge in [-0.2, -0.15) is 0 Å². The van der Waals surface area contributed by atoms with Gasteiger partial charge < -0.3 is 10.2 Å². The van der Waals surface area contributed by atoms with Crippen LogP contribution in [-0.2, 0) is 4.79 Å². The van der Waals surface area contributed by atoms with Crippen LogP contribution in [0.25, 0.3) is 0 Å². The number of hydrogen-bond acceptors (Lipinski definition) is 2. The Kier molecular flexibility index (Phi) is 5.86. The first-order valence-corrected chi connectivity index (χ1v) is 7.82. The average Bonchev–Trinajstić information content (AvgIpc) is 2.48. The third-order valence-corrected chi connectivity index (χ3v) is 4.21. The van der Waals surface area contributed by atoms with Crippen LogP contribution in [0, 0.1) is 0 Å². The second-order valence-corrected chi connectivity index (χ2v) is 5.80. The van der Waals surface area contributed by atoms with Crippen molar-refractivity contribution in [1.29, 1.82) is 0 Å². The van der Waals surface area contributed by atoms with Crippen LogP contribution in [0.5, 0.6) is 0 Å². The standard InChI is InChI=1S/C16H23ClN2O/c1-13(14-7-3-4-8-15(14)17)18-10-9-16(20)19-11-5-2-6-12-19/h3-4,7-8,13,18H,2,5-6,9-12H2,1H3. The van der Waals surface area contributed by atoms with Crippen molar-refractivity contribution in [3.8, 4) is 0 Å². The predicted molar refractivity (Wildman–Crippen MR) is 82.9 cm³/mol. The number of carbonyl (C=O) groups is 1. The molecule has 1 aliphatic heterocycles. The Hall–Kier alpha value is -1.06. The second kappa shape index (κ2) is 7.65. The summed E-state index contributed by atoms with van der Waals surface area (Å²) in [6.45, 7) is 4.63. The number of rotatable bonds is 5. The zero-order chi connectivity index (χ0) is 14.4. The van der Waals surface area contributed by atoms with Crippen molar-refractivity contribution in [3.05, 3.63) is 34.9 Å². The van der Waals surface area contributed by atoms with Crippen LogP contribution in [0.15, 0.2) is 24.3 Å². The Balaban J connectivity index is 1.75. The molecular formula is C16H23ClN2O. The molecule has 1 aliphatic rings. The van der Waals surface area contributed by atoms with Gasteiger partial charge in [0.25, 0.3) is 0 Å². The van der Waals surface area contributed by atoms with Crippen LogP contribution in [-0.4, -0.2) is 30.4 Å². The molecule has 2 rings (SSSR count). The third-order valence-electron chi connectivity index (χ3n) is 3.87. The number of nitrogens with zero attached hydrogens (tertiary/aromatic N) is 1. The molecule has 0 radical (unpaired) electrons. The van der Waals surface area contributed by atoms with Gasteiger partial charge in [0.05, 0.1) is 0 Å². The summed E-state index contributed by atoms with van der Waals surface area (Å²) in [6, 6.07) is 8.00. The van der Waals surface area contributed by atoms with E-state index >= 15 is 0 Å². The lowest BCUT2D eigenvalue weighted by Gasteiger charge is -2.27. The molecule has 1 saturated heterocycles. The minimum Gasteiger partial charge on any atom is -0.343 e. The molecule has 1 heterocycles. The molecule has 20 heavy (non-hydrogen) atoms. The van der Waals surface area contributed by atoms with Gasteiger partial charge in [0.1, 0.15) is 0 Å². The Labute approximate surface area is 126 Å². The van der Waals surface area contributed by atoms with Crippen LogP contribution in [0.2, 0.25) is 5.02 Å². The van der Waals surface area contributed by atoms with Gasteiger partial charge >= 0.3 is 0 Å². The van der Waals surface area contributed by atoms with Gasteiger partial charge in [0.2, 0.25) is 5.91 Å². The Morgan fingerprint density at radius 2 is 2.00 bits per heavy atom. The summed E-state index contributed by atoms with van der Waals surface area (Å²) >= 11 is 6.17. The summed E-state index contributed by atoms with van der Waals surface area (Å²) in [6.07, 6.45) is 4.12. The van der Waals surface area contributed by atoms with E-state index in [1.165, 1.54) is 6.42 Å². The SMILES string of the molecule is CC(NCCC(=O)N1CCCCC1)c1ccccc1Cl. The fourth-order valence-corrected chi connectivity index (χ4v) is 2.93. The van der Waals surface area contributed by atoms with E-state index in [0.29, 0.717) is 13.0 Å². The molecule has 1 amide bonds. The minimum absolute atomic E-state index is 0.165. The van der Waals surface area contributed by atoms with E-state index in [0.717, 1.165) is 36.5 Å². The molecule has 0 bridgehead atoms. The summed E-state index contributed by atoms with van der Waals surface area (Å²) in [5, 5.41) is 4.15. The predicted octanol–water partition coefficient (Wildman–Crippen LogP) is 3.39. The molecule has 1 unspecified atom stereocenters. The van der Waals surface area contributed by atoms with Gasteiger partial charge in [-0.25, -0.2) is 0 Å². The molecule has 1 atom stereocenters. The fraction of sp³-hybridized carbons (Fsp3) is 0.562. The molecular weight excluding hydrogens is 272 g/mol. The van der Waals surface area contributed by atoms with Crippen molar-refractivity contribution < 1.29 is 4.79 Å². The number of carbonyl (C=O) groups excluding carboxylic acids is 1. The first kappa shape index (κ1) is 15.3. The van der Waals surface area contributed by atoms with Gasteiger partial charge in [0.15, 0.2) is 0 Å². The topological polar surface area (TPSA) is 32.3 Å². The largest absolute Gasteiger partial charge is 0.343 e. The van der Waals surface area contributed by atoms with E-state index in [-0.39, 0.29) is 11.9 Å². The number of amides is 1. The number of likely N-dealkylation sites (tertiary alicyclic amines) is 1. The van der Waals surface area contributed by atoms with Gasteiger partial charge in [-0.1, -0.05) is 29.8 Å². The molecule has 4 heteroatoms. The van der Waals surface area contributed by atoms with Crippen molar-refractivity contribution in [2.75, 3.05) is 19.6 Å². The highest BCUT2D eigenvalue weighted by atomic mass is 35.5. The summed E-state index contributed by atoms with van der Waals surface area (Å²) in [4.78, 5) is 14.0. The minimum atomic E-state index is 0.165. The quantitative estimate of drug-likeness (QED) is 0.903. The van der Waals surface area contributed by atoms with Crippen LogP contribution >= 0.6 is 11.6 Å². The molecule has 1 fully saturated rings. The summed E-state index contributed by atoms with van der Waals surface area (Å²) in [5.74, 6) is 0.267. The molecule has 1 N–H and O–H groups in total. The number of halogens is 1. The normalized spacial score (nSPS) is 17.0. The smallest absolute Gasteiger partial charge is 0.223 e. The summed E-state index contributed by atoms with van der Waals surface area (Å²) in [5.41, 5.74) is 1.08. The highest BCUT2D eigenvalue weighted by Crippen LogP contribution is 2.22. The van der Waals surface area contributed by atoms with Crippen LogP contribution in [0.3, 0.4) is 0 Å². The van der Waals surface area contributed by atoms with E-state index in [2.05, 4.69) is 12.2 Å². The van der Waals surface area contributed by atoms with Gasteiger partial charge in [-0.05, 0) is 37.8 Å². The average molecular weight is 295 g/mol. The first-order chi connectivity index (χ1) is 9.68. The van der Waals surface area contributed by atoms with Crippen molar-refractivity contribution in [2.24, 2.45) is 0 Å². The Morgan fingerprint density at radius 3 is 2.70 bits per heavy atom. The Morgan fingerprint density at radius 1 is 1.30 bits per heavy atom.